The summed E-state index contributed by atoms with van der Waals surface area (Å²) in [6.07, 6.45) is 1.27. The average Bonchev–Trinajstić information content (AvgIpc) is 2.30. The van der Waals surface area contributed by atoms with E-state index in [4.69, 9.17) is 16.7 Å². The predicted octanol–water partition coefficient (Wildman–Crippen LogP) is 1.40. The van der Waals surface area contributed by atoms with Crippen LogP contribution in [0, 0.1) is 0 Å². The van der Waals surface area contributed by atoms with Crippen molar-refractivity contribution in [2.75, 3.05) is 13.2 Å². The van der Waals surface area contributed by atoms with Crippen LogP contribution in [0.25, 0.3) is 0 Å². The standard InChI is InChI=1S/C8H8BrClF2N2O3S/c9-5-1-6(7(10)13-2-5)18(16,17)14-3-8(11,12)4-15/h1-2,14-15H,3-4H2. The highest BCUT2D eigenvalue weighted by atomic mass is 79.9. The van der Waals surface area contributed by atoms with Crippen LogP contribution in [0.4, 0.5) is 8.78 Å². The van der Waals surface area contributed by atoms with Crippen LogP contribution in [0.15, 0.2) is 21.6 Å². The van der Waals surface area contributed by atoms with Gasteiger partial charge in [0.05, 0.1) is 6.54 Å². The zero-order valence-electron chi connectivity index (χ0n) is 8.70. The van der Waals surface area contributed by atoms with E-state index in [2.05, 4.69) is 20.9 Å². The molecule has 0 bridgehead atoms. The lowest BCUT2D eigenvalue weighted by atomic mass is 10.4. The summed E-state index contributed by atoms with van der Waals surface area (Å²) >= 11 is 8.57. The lowest BCUT2D eigenvalue weighted by molar-refractivity contribution is -0.0437. The van der Waals surface area contributed by atoms with E-state index < -0.39 is 34.0 Å². The molecule has 1 rings (SSSR count). The molecule has 1 aromatic heterocycles. The van der Waals surface area contributed by atoms with Crippen molar-refractivity contribution < 1.29 is 22.3 Å². The van der Waals surface area contributed by atoms with Crippen molar-refractivity contribution >= 4 is 37.6 Å². The molecule has 0 radical (unpaired) electrons. The number of nitrogens with one attached hydrogen (secondary N) is 1. The van der Waals surface area contributed by atoms with Gasteiger partial charge in [-0.1, -0.05) is 11.6 Å². The average molecular weight is 366 g/mol. The molecule has 0 fully saturated rings. The smallest absolute Gasteiger partial charge is 0.283 e. The number of rotatable bonds is 5. The van der Waals surface area contributed by atoms with Gasteiger partial charge in [-0.15, -0.1) is 0 Å². The molecule has 0 aromatic carbocycles. The molecule has 2 N–H and O–H groups in total. The number of aromatic nitrogens is 1. The highest BCUT2D eigenvalue weighted by Crippen LogP contribution is 2.23. The van der Waals surface area contributed by atoms with Crippen LogP contribution in [-0.2, 0) is 10.0 Å². The Bertz CT molecular complexity index is 541. The van der Waals surface area contributed by atoms with Crippen LogP contribution < -0.4 is 4.72 Å². The summed E-state index contributed by atoms with van der Waals surface area (Å²) in [6, 6.07) is 1.13. The van der Waals surface area contributed by atoms with Gasteiger partial charge in [0.1, 0.15) is 16.7 Å². The molecule has 0 spiro atoms. The number of aliphatic hydroxyl groups excluding tert-OH is 1. The van der Waals surface area contributed by atoms with Gasteiger partial charge < -0.3 is 5.11 Å². The molecule has 0 aliphatic carbocycles. The molecule has 1 aromatic rings. The Kier molecular flexibility index (Phi) is 5.01. The minimum Gasteiger partial charge on any atom is -0.390 e. The Balaban J connectivity index is 2.97. The Morgan fingerprint density at radius 3 is 2.72 bits per heavy atom. The van der Waals surface area contributed by atoms with Gasteiger partial charge in [-0.25, -0.2) is 26.9 Å². The molecule has 0 saturated carbocycles. The van der Waals surface area contributed by atoms with E-state index in [1.165, 1.54) is 6.20 Å². The number of pyridine rings is 1. The van der Waals surface area contributed by atoms with Gasteiger partial charge in [-0.05, 0) is 22.0 Å². The van der Waals surface area contributed by atoms with Crippen molar-refractivity contribution in [3.8, 4) is 0 Å². The topological polar surface area (TPSA) is 79.3 Å². The zero-order chi connectivity index (χ0) is 14.0. The predicted molar refractivity (Wildman–Crippen MR) is 64.2 cm³/mol. The first-order chi connectivity index (χ1) is 8.18. The summed E-state index contributed by atoms with van der Waals surface area (Å²) in [6.45, 7) is -2.69. The van der Waals surface area contributed by atoms with Crippen molar-refractivity contribution in [2.24, 2.45) is 0 Å². The van der Waals surface area contributed by atoms with Crippen LogP contribution in [-0.4, -0.2) is 37.6 Å². The summed E-state index contributed by atoms with van der Waals surface area (Å²) in [7, 11) is -4.22. The molecule has 0 aliphatic heterocycles. The number of hydrogen-bond donors (Lipinski definition) is 2. The Morgan fingerprint density at radius 1 is 1.56 bits per heavy atom. The summed E-state index contributed by atoms with van der Waals surface area (Å²) in [5.74, 6) is -3.54. The van der Waals surface area contributed by atoms with Gasteiger partial charge in [0.2, 0.25) is 10.0 Å². The minimum absolute atomic E-state index is 0.334. The highest BCUT2D eigenvalue weighted by Gasteiger charge is 2.31. The maximum atomic E-state index is 12.7. The first-order valence-electron chi connectivity index (χ1n) is 4.47. The van der Waals surface area contributed by atoms with Gasteiger partial charge in [-0.3, -0.25) is 0 Å². The van der Waals surface area contributed by atoms with Crippen LogP contribution in [0.2, 0.25) is 5.15 Å². The Morgan fingerprint density at radius 2 is 2.17 bits per heavy atom. The second-order valence-electron chi connectivity index (χ2n) is 3.28. The fourth-order valence-corrected chi connectivity index (χ4v) is 2.93. The second kappa shape index (κ2) is 5.74. The first-order valence-corrected chi connectivity index (χ1v) is 7.13. The van der Waals surface area contributed by atoms with E-state index in [9.17, 15) is 17.2 Å². The third kappa shape index (κ3) is 4.09. The molecule has 1 heterocycles. The van der Waals surface area contributed by atoms with Gasteiger partial charge in [0.15, 0.2) is 0 Å². The largest absolute Gasteiger partial charge is 0.390 e. The van der Waals surface area contributed by atoms with Crippen LogP contribution in [0.3, 0.4) is 0 Å². The molecule has 0 unspecified atom stereocenters. The Labute approximate surface area is 115 Å². The lowest BCUT2D eigenvalue weighted by Crippen LogP contribution is -2.39. The molecule has 5 nitrogen and oxygen atoms in total. The zero-order valence-corrected chi connectivity index (χ0v) is 11.9. The van der Waals surface area contributed by atoms with Gasteiger partial charge in [0, 0.05) is 10.7 Å². The molecule has 0 amide bonds. The maximum absolute atomic E-state index is 12.7. The number of alkyl halides is 2. The molecule has 18 heavy (non-hydrogen) atoms. The quantitative estimate of drug-likeness (QED) is 0.773. The number of hydrogen-bond acceptors (Lipinski definition) is 4. The molecular weight excluding hydrogens is 358 g/mol. The lowest BCUT2D eigenvalue weighted by Gasteiger charge is -2.14. The van der Waals surface area contributed by atoms with Crippen LogP contribution >= 0.6 is 27.5 Å². The SMILES string of the molecule is O=S(=O)(NCC(F)(F)CO)c1cc(Br)cnc1Cl. The first kappa shape index (κ1) is 15.7. The second-order valence-corrected chi connectivity index (χ2v) is 6.29. The molecule has 102 valence electrons. The Hall–Kier alpha value is -0.350. The third-order valence-corrected chi connectivity index (χ3v) is 4.08. The van der Waals surface area contributed by atoms with Gasteiger partial charge in [0.25, 0.3) is 5.92 Å². The molecule has 10 heteroatoms. The monoisotopic (exact) mass is 364 g/mol. The van der Waals surface area contributed by atoms with Crippen molar-refractivity contribution in [1.82, 2.24) is 9.71 Å². The van der Waals surface area contributed by atoms with E-state index in [1.54, 1.807) is 4.72 Å². The van der Waals surface area contributed by atoms with Gasteiger partial charge >= 0.3 is 0 Å². The summed E-state index contributed by atoms with van der Waals surface area (Å²) in [4.78, 5) is 3.15. The van der Waals surface area contributed by atoms with E-state index in [-0.39, 0.29) is 5.15 Å². The molecule has 0 aliphatic rings. The van der Waals surface area contributed by atoms with E-state index in [0.29, 0.717) is 4.47 Å². The van der Waals surface area contributed by atoms with Crippen LogP contribution in [0.5, 0.6) is 0 Å². The summed E-state index contributed by atoms with van der Waals surface area (Å²) < 4.78 is 50.9. The highest BCUT2D eigenvalue weighted by molar-refractivity contribution is 9.10. The normalized spacial score (nSPS) is 12.7. The fraction of sp³-hybridized carbons (Fsp3) is 0.375. The fourth-order valence-electron chi connectivity index (χ4n) is 0.927. The molecule has 0 atom stereocenters. The maximum Gasteiger partial charge on any atom is 0.283 e. The van der Waals surface area contributed by atoms with Gasteiger partial charge in [-0.2, -0.15) is 0 Å². The van der Waals surface area contributed by atoms with Crippen molar-refractivity contribution in [1.29, 1.82) is 0 Å². The van der Waals surface area contributed by atoms with Crippen LogP contribution in [0.1, 0.15) is 0 Å². The minimum atomic E-state index is -4.22. The van der Waals surface area contributed by atoms with E-state index in [0.717, 1.165) is 6.07 Å². The van der Waals surface area contributed by atoms with Crippen molar-refractivity contribution in [2.45, 2.75) is 10.8 Å². The number of halogens is 4. The molecule has 0 saturated heterocycles. The molecular formula is C8H8BrClF2N2O3S. The van der Waals surface area contributed by atoms with Crippen molar-refractivity contribution in [3.05, 3.63) is 21.9 Å². The number of sulfonamides is 1. The summed E-state index contributed by atoms with van der Waals surface area (Å²) in [5, 5.41) is 7.99. The summed E-state index contributed by atoms with van der Waals surface area (Å²) in [5.41, 5.74) is 0. The van der Waals surface area contributed by atoms with E-state index >= 15 is 0 Å². The van der Waals surface area contributed by atoms with Crippen molar-refractivity contribution in [3.63, 3.8) is 0 Å². The number of nitrogens with zero attached hydrogens (tertiary/aromatic N) is 1. The number of aliphatic hydroxyl groups is 1. The van der Waals surface area contributed by atoms with E-state index in [1.807, 2.05) is 0 Å². The third-order valence-electron chi connectivity index (χ3n) is 1.82.